The molecule has 1 amide bonds. The molecule has 0 fully saturated rings. The van der Waals surface area contributed by atoms with Crippen LogP contribution in [0.2, 0.25) is 0 Å². The van der Waals surface area contributed by atoms with Gasteiger partial charge in [0.2, 0.25) is 5.91 Å². The number of carboxylic acids is 1. The minimum absolute atomic E-state index is 0.0707. The number of rotatable bonds is 7. The average Bonchev–Trinajstić information content (AvgIpc) is 2.91. The monoisotopic (exact) mass is 362 g/mol. The van der Waals surface area contributed by atoms with Crippen molar-refractivity contribution in [3.63, 3.8) is 0 Å². The largest absolute Gasteiger partial charge is 0.491 e. The first-order valence-electron chi connectivity index (χ1n) is 7.95. The van der Waals surface area contributed by atoms with Gasteiger partial charge in [0.1, 0.15) is 22.2 Å². The Kier molecular flexibility index (Phi) is 6.14. The molecule has 1 aromatic heterocycles. The van der Waals surface area contributed by atoms with Gasteiger partial charge >= 0.3 is 5.97 Å². The van der Waals surface area contributed by atoms with E-state index >= 15 is 0 Å². The summed E-state index contributed by atoms with van der Waals surface area (Å²) in [6.07, 6.45) is 0.0707. The topological polar surface area (TPSA) is 88.5 Å². The van der Waals surface area contributed by atoms with Crippen LogP contribution in [0.15, 0.2) is 12.1 Å². The smallest absolute Gasteiger partial charge is 0.347 e. The molecule has 1 aromatic carbocycles. The van der Waals surface area contributed by atoms with Gasteiger partial charge in [0.25, 0.3) is 0 Å². The quantitative estimate of drug-likeness (QED) is 0.740. The highest BCUT2D eigenvalue weighted by molar-refractivity contribution is 7.13. The zero-order chi connectivity index (χ0) is 18.6. The van der Waals surface area contributed by atoms with Gasteiger partial charge in [0.05, 0.1) is 18.7 Å². The van der Waals surface area contributed by atoms with Crippen LogP contribution in [0.4, 0.5) is 0 Å². The van der Waals surface area contributed by atoms with Crippen molar-refractivity contribution in [3.8, 4) is 5.75 Å². The molecule has 0 aliphatic rings. The normalized spacial score (nSPS) is 10.6. The van der Waals surface area contributed by atoms with E-state index in [4.69, 9.17) is 9.84 Å². The first-order chi connectivity index (χ1) is 11.8. The SMILES string of the molecule is Cc1ccc(C)c(OCCNC(=O)Cc2nc(C)c(C(=O)O)s2)c1C. The lowest BCUT2D eigenvalue weighted by atomic mass is 10.1. The summed E-state index contributed by atoms with van der Waals surface area (Å²) in [6, 6.07) is 4.07. The Morgan fingerprint density at radius 3 is 2.52 bits per heavy atom. The lowest BCUT2D eigenvalue weighted by Crippen LogP contribution is -2.29. The molecule has 0 spiro atoms. The molecule has 0 aliphatic carbocycles. The Hall–Kier alpha value is -2.41. The molecule has 2 rings (SSSR count). The number of hydrogen-bond acceptors (Lipinski definition) is 5. The number of thiazole rings is 1. The van der Waals surface area contributed by atoms with Gasteiger partial charge < -0.3 is 15.2 Å². The summed E-state index contributed by atoms with van der Waals surface area (Å²) < 4.78 is 5.80. The van der Waals surface area contributed by atoms with Gasteiger partial charge in [-0.05, 0) is 44.4 Å². The highest BCUT2D eigenvalue weighted by Crippen LogP contribution is 2.25. The number of carboxylic acid groups (broad SMARTS) is 1. The van der Waals surface area contributed by atoms with E-state index in [1.165, 1.54) is 0 Å². The maximum Gasteiger partial charge on any atom is 0.347 e. The number of aryl methyl sites for hydroxylation is 3. The molecule has 0 aliphatic heterocycles. The zero-order valence-electron chi connectivity index (χ0n) is 14.8. The predicted octanol–water partition coefficient (Wildman–Crippen LogP) is 2.81. The van der Waals surface area contributed by atoms with Gasteiger partial charge in [-0.3, -0.25) is 4.79 Å². The molecule has 134 valence electrons. The number of carbonyl (C=O) groups excluding carboxylic acids is 1. The second-order valence-corrected chi connectivity index (χ2v) is 6.94. The van der Waals surface area contributed by atoms with Crippen LogP contribution in [0.1, 0.15) is 37.1 Å². The molecule has 0 saturated carbocycles. The van der Waals surface area contributed by atoms with Crippen LogP contribution >= 0.6 is 11.3 Å². The molecule has 0 atom stereocenters. The van der Waals surface area contributed by atoms with Gasteiger partial charge in [0, 0.05) is 0 Å². The molecule has 2 aromatic rings. The third-order valence-electron chi connectivity index (χ3n) is 3.89. The molecule has 2 N–H and O–H groups in total. The van der Waals surface area contributed by atoms with Crippen LogP contribution < -0.4 is 10.1 Å². The van der Waals surface area contributed by atoms with Gasteiger partial charge in [-0.15, -0.1) is 11.3 Å². The molecule has 0 unspecified atom stereocenters. The molecular weight excluding hydrogens is 340 g/mol. The van der Waals surface area contributed by atoms with Crippen molar-refractivity contribution < 1.29 is 19.4 Å². The maximum atomic E-state index is 12.0. The molecule has 7 heteroatoms. The maximum absolute atomic E-state index is 12.0. The number of nitrogens with one attached hydrogen (secondary N) is 1. The summed E-state index contributed by atoms with van der Waals surface area (Å²) >= 11 is 1.03. The van der Waals surface area contributed by atoms with Crippen LogP contribution in [-0.4, -0.2) is 35.1 Å². The predicted molar refractivity (Wildman–Crippen MR) is 96.7 cm³/mol. The van der Waals surface area contributed by atoms with Gasteiger partial charge in [-0.1, -0.05) is 12.1 Å². The van der Waals surface area contributed by atoms with Crippen LogP contribution in [0.5, 0.6) is 5.75 Å². The Bertz CT molecular complexity index is 799. The summed E-state index contributed by atoms with van der Waals surface area (Å²) in [4.78, 5) is 27.3. The fourth-order valence-corrected chi connectivity index (χ4v) is 3.32. The highest BCUT2D eigenvalue weighted by atomic mass is 32.1. The van der Waals surface area contributed by atoms with Crippen molar-refractivity contribution in [3.05, 3.63) is 44.4 Å². The fourth-order valence-electron chi connectivity index (χ4n) is 2.42. The number of carbonyl (C=O) groups is 2. The van der Waals surface area contributed by atoms with Crippen molar-refractivity contribution in [2.45, 2.75) is 34.1 Å². The van der Waals surface area contributed by atoms with E-state index < -0.39 is 5.97 Å². The molecule has 0 bridgehead atoms. The Morgan fingerprint density at radius 1 is 1.20 bits per heavy atom. The Morgan fingerprint density at radius 2 is 1.88 bits per heavy atom. The van der Waals surface area contributed by atoms with Crippen LogP contribution in [0, 0.1) is 27.7 Å². The average molecular weight is 362 g/mol. The van der Waals surface area contributed by atoms with Crippen molar-refractivity contribution in [1.29, 1.82) is 0 Å². The molecule has 0 saturated heterocycles. The zero-order valence-corrected chi connectivity index (χ0v) is 15.6. The second-order valence-electron chi connectivity index (χ2n) is 5.86. The van der Waals surface area contributed by atoms with Gasteiger partial charge in [-0.2, -0.15) is 0 Å². The summed E-state index contributed by atoms with van der Waals surface area (Å²) in [5.41, 5.74) is 3.77. The number of nitrogens with zero attached hydrogens (tertiary/aromatic N) is 1. The molecular formula is C18H22N2O4S. The number of aromatic carboxylic acids is 1. The Balaban J connectivity index is 1.82. The third kappa shape index (κ3) is 4.79. The summed E-state index contributed by atoms with van der Waals surface area (Å²) in [6.45, 7) is 8.41. The van der Waals surface area contributed by atoms with E-state index in [1.54, 1.807) is 6.92 Å². The van der Waals surface area contributed by atoms with E-state index in [1.807, 2.05) is 26.8 Å². The minimum atomic E-state index is -1.01. The van der Waals surface area contributed by atoms with Gasteiger partial charge in [0.15, 0.2) is 0 Å². The summed E-state index contributed by atoms with van der Waals surface area (Å²) in [5, 5.41) is 12.3. The third-order valence-corrected chi connectivity index (χ3v) is 5.04. The van der Waals surface area contributed by atoms with E-state index in [9.17, 15) is 9.59 Å². The standard InChI is InChI=1S/C18H22N2O4S/c1-10-5-6-11(2)16(12(10)3)24-8-7-19-14(21)9-15-20-13(4)17(25-15)18(22)23/h5-6H,7-9H2,1-4H3,(H,19,21)(H,22,23). The summed E-state index contributed by atoms with van der Waals surface area (Å²) in [5.74, 6) is -0.359. The summed E-state index contributed by atoms with van der Waals surface area (Å²) in [7, 11) is 0. The Labute approximate surface area is 150 Å². The highest BCUT2D eigenvalue weighted by Gasteiger charge is 2.15. The van der Waals surface area contributed by atoms with Crippen molar-refractivity contribution in [2.24, 2.45) is 0 Å². The van der Waals surface area contributed by atoms with Crippen LogP contribution in [-0.2, 0) is 11.2 Å². The lowest BCUT2D eigenvalue weighted by molar-refractivity contribution is -0.120. The molecule has 6 nitrogen and oxygen atoms in total. The van der Waals surface area contributed by atoms with Crippen molar-refractivity contribution in [2.75, 3.05) is 13.2 Å². The fraction of sp³-hybridized carbons (Fsp3) is 0.389. The first-order valence-corrected chi connectivity index (χ1v) is 8.77. The van der Waals surface area contributed by atoms with E-state index in [-0.39, 0.29) is 17.2 Å². The number of amides is 1. The first kappa shape index (κ1) is 18.9. The van der Waals surface area contributed by atoms with Crippen molar-refractivity contribution >= 4 is 23.2 Å². The van der Waals surface area contributed by atoms with Crippen LogP contribution in [0.25, 0.3) is 0 Å². The van der Waals surface area contributed by atoms with Crippen LogP contribution in [0.3, 0.4) is 0 Å². The minimum Gasteiger partial charge on any atom is -0.491 e. The van der Waals surface area contributed by atoms with E-state index in [2.05, 4.69) is 16.4 Å². The lowest BCUT2D eigenvalue weighted by Gasteiger charge is -2.14. The molecule has 25 heavy (non-hydrogen) atoms. The molecule has 1 heterocycles. The second kappa shape index (κ2) is 8.11. The number of benzene rings is 1. The number of hydrogen-bond donors (Lipinski definition) is 2. The van der Waals surface area contributed by atoms with E-state index in [0.717, 1.165) is 33.8 Å². The van der Waals surface area contributed by atoms with E-state index in [0.29, 0.717) is 23.9 Å². The molecule has 0 radical (unpaired) electrons. The van der Waals surface area contributed by atoms with Crippen molar-refractivity contribution in [1.82, 2.24) is 10.3 Å². The van der Waals surface area contributed by atoms with Gasteiger partial charge in [-0.25, -0.2) is 9.78 Å². The number of aromatic nitrogens is 1. The number of ether oxygens (including phenoxy) is 1.